The lowest BCUT2D eigenvalue weighted by Gasteiger charge is -2.23. The van der Waals surface area contributed by atoms with Crippen LogP contribution in [-0.2, 0) is 10.2 Å². The number of unbranched alkanes of at least 4 members (excludes halogenated alkanes) is 2. The number of carbonyl (C=O) groups excluding carboxylic acids is 2. The van der Waals surface area contributed by atoms with Gasteiger partial charge in [-0.15, -0.1) is 0 Å². The van der Waals surface area contributed by atoms with Gasteiger partial charge in [0.05, 0.1) is 22.0 Å². The lowest BCUT2D eigenvalue weighted by molar-refractivity contribution is -0.117. The van der Waals surface area contributed by atoms with Crippen LogP contribution in [-0.4, -0.2) is 39.6 Å². The summed E-state index contributed by atoms with van der Waals surface area (Å²) in [6, 6.07) is 16.8. The van der Waals surface area contributed by atoms with Gasteiger partial charge in [-0.3, -0.25) is 9.59 Å². The Morgan fingerprint density at radius 2 is 1.74 bits per heavy atom. The summed E-state index contributed by atoms with van der Waals surface area (Å²) in [7, 11) is 0. The highest BCUT2D eigenvalue weighted by molar-refractivity contribution is 6.33. The molecule has 0 unspecified atom stereocenters. The monoisotopic (exact) mass is 494 g/mol. The zero-order valence-electron chi connectivity index (χ0n) is 21.3. The summed E-state index contributed by atoms with van der Waals surface area (Å²) >= 11 is 6.28. The van der Waals surface area contributed by atoms with Crippen molar-refractivity contribution >= 4 is 29.2 Å². The molecule has 0 radical (unpaired) electrons. The second kappa shape index (κ2) is 11.5. The summed E-state index contributed by atoms with van der Waals surface area (Å²) in [6.07, 6.45) is 2.81. The fourth-order valence-electron chi connectivity index (χ4n) is 3.79. The van der Waals surface area contributed by atoms with Crippen LogP contribution in [0, 0.1) is 6.92 Å². The standard InChI is InChI=1S/C28H35ClN4O2/c1-6-7-12-17-32(27(35)21-14-9-10-15-22(21)29)19-26(34)30-25-18-24(28(3,4)5)31-33(25)23-16-11-8-13-20(23)2/h8-11,13-16,18H,6-7,12,17,19H2,1-5H3,(H,30,34). The number of halogens is 1. The lowest BCUT2D eigenvalue weighted by atomic mass is 9.92. The SMILES string of the molecule is CCCCCN(CC(=O)Nc1cc(C(C)(C)C)nn1-c1ccccc1C)C(=O)c1ccccc1Cl. The molecule has 1 aromatic heterocycles. The van der Waals surface area contributed by atoms with Crippen LogP contribution < -0.4 is 5.32 Å². The van der Waals surface area contributed by atoms with Gasteiger partial charge in [-0.05, 0) is 37.1 Å². The molecule has 6 nitrogen and oxygen atoms in total. The molecule has 0 aliphatic rings. The van der Waals surface area contributed by atoms with Gasteiger partial charge in [0.15, 0.2) is 0 Å². The van der Waals surface area contributed by atoms with Crippen LogP contribution in [0.3, 0.4) is 0 Å². The van der Waals surface area contributed by atoms with E-state index in [4.69, 9.17) is 16.7 Å². The Hall–Kier alpha value is -3.12. The summed E-state index contributed by atoms with van der Waals surface area (Å²) in [6.45, 7) is 10.8. The molecule has 1 N–H and O–H groups in total. The molecule has 0 aliphatic heterocycles. The number of carbonyl (C=O) groups is 2. The van der Waals surface area contributed by atoms with E-state index >= 15 is 0 Å². The van der Waals surface area contributed by atoms with Crippen LogP contribution in [0.25, 0.3) is 5.69 Å². The van der Waals surface area contributed by atoms with E-state index in [1.807, 2.05) is 37.3 Å². The number of hydrogen-bond donors (Lipinski definition) is 1. The molecule has 3 rings (SSSR count). The highest BCUT2D eigenvalue weighted by atomic mass is 35.5. The number of aryl methyl sites for hydroxylation is 1. The Morgan fingerprint density at radius 3 is 2.40 bits per heavy atom. The Morgan fingerprint density at radius 1 is 1.06 bits per heavy atom. The number of rotatable bonds is 9. The quantitative estimate of drug-likeness (QED) is 0.350. The number of para-hydroxylation sites is 1. The molecule has 0 aliphatic carbocycles. The van der Waals surface area contributed by atoms with E-state index in [2.05, 4.69) is 33.0 Å². The molecule has 186 valence electrons. The predicted octanol–water partition coefficient (Wildman–Crippen LogP) is 6.40. The van der Waals surface area contributed by atoms with Gasteiger partial charge in [0.25, 0.3) is 5.91 Å². The highest BCUT2D eigenvalue weighted by Gasteiger charge is 2.24. The van der Waals surface area contributed by atoms with E-state index in [1.165, 1.54) is 0 Å². The van der Waals surface area contributed by atoms with Crippen molar-refractivity contribution in [2.24, 2.45) is 0 Å². The first-order valence-electron chi connectivity index (χ1n) is 12.1. The summed E-state index contributed by atoms with van der Waals surface area (Å²) in [4.78, 5) is 28.1. The molecule has 0 saturated heterocycles. The third-order valence-electron chi connectivity index (χ3n) is 5.85. The second-order valence-corrected chi connectivity index (χ2v) is 10.2. The van der Waals surface area contributed by atoms with Crippen LogP contribution in [0.5, 0.6) is 0 Å². The molecule has 3 aromatic rings. The highest BCUT2D eigenvalue weighted by Crippen LogP contribution is 2.27. The van der Waals surface area contributed by atoms with Crippen LogP contribution in [0.2, 0.25) is 5.02 Å². The van der Waals surface area contributed by atoms with Gasteiger partial charge in [0, 0.05) is 18.0 Å². The fourth-order valence-corrected chi connectivity index (χ4v) is 4.00. The minimum Gasteiger partial charge on any atom is -0.329 e. The molecule has 1 heterocycles. The maximum atomic E-state index is 13.3. The number of nitrogens with one attached hydrogen (secondary N) is 1. The maximum absolute atomic E-state index is 13.3. The fraction of sp³-hybridized carbons (Fsp3) is 0.393. The predicted molar refractivity (Wildman–Crippen MR) is 143 cm³/mol. The van der Waals surface area contributed by atoms with E-state index < -0.39 is 0 Å². The molecule has 0 saturated carbocycles. The zero-order valence-corrected chi connectivity index (χ0v) is 22.0. The Bertz CT molecular complexity index is 1180. The second-order valence-electron chi connectivity index (χ2n) is 9.82. The Kier molecular flexibility index (Phi) is 8.73. The molecule has 0 spiro atoms. The molecule has 0 bridgehead atoms. The first-order valence-corrected chi connectivity index (χ1v) is 12.5. The van der Waals surface area contributed by atoms with E-state index in [0.717, 1.165) is 36.2 Å². The van der Waals surface area contributed by atoms with Gasteiger partial charge in [0.1, 0.15) is 12.4 Å². The van der Waals surface area contributed by atoms with Gasteiger partial charge in [-0.2, -0.15) is 5.10 Å². The van der Waals surface area contributed by atoms with E-state index in [1.54, 1.807) is 33.8 Å². The normalized spacial score (nSPS) is 11.4. The van der Waals surface area contributed by atoms with Crippen molar-refractivity contribution in [3.63, 3.8) is 0 Å². The summed E-state index contributed by atoms with van der Waals surface area (Å²) in [5.74, 6) is 0.0506. The van der Waals surface area contributed by atoms with Crippen molar-refractivity contribution < 1.29 is 9.59 Å². The van der Waals surface area contributed by atoms with E-state index in [0.29, 0.717) is 22.9 Å². The van der Waals surface area contributed by atoms with Gasteiger partial charge in [-0.25, -0.2) is 4.68 Å². The van der Waals surface area contributed by atoms with E-state index in [-0.39, 0.29) is 23.8 Å². The number of aromatic nitrogens is 2. The third kappa shape index (κ3) is 6.73. The van der Waals surface area contributed by atoms with Crippen molar-refractivity contribution in [2.75, 3.05) is 18.4 Å². The first kappa shape index (κ1) is 26.5. The van der Waals surface area contributed by atoms with Gasteiger partial charge >= 0.3 is 0 Å². The van der Waals surface area contributed by atoms with Crippen LogP contribution in [0.1, 0.15) is 68.6 Å². The average Bonchev–Trinajstić information content (AvgIpc) is 3.22. The van der Waals surface area contributed by atoms with Crippen LogP contribution in [0.15, 0.2) is 54.6 Å². The third-order valence-corrected chi connectivity index (χ3v) is 6.18. The van der Waals surface area contributed by atoms with Gasteiger partial charge in [0.2, 0.25) is 5.91 Å². The molecular weight excluding hydrogens is 460 g/mol. The first-order chi connectivity index (χ1) is 16.6. The molecule has 7 heteroatoms. The molecule has 0 fully saturated rings. The van der Waals surface area contributed by atoms with Crippen molar-refractivity contribution in [2.45, 2.75) is 59.3 Å². The van der Waals surface area contributed by atoms with Crippen LogP contribution >= 0.6 is 11.6 Å². The van der Waals surface area contributed by atoms with E-state index in [9.17, 15) is 9.59 Å². The number of benzene rings is 2. The minimum absolute atomic E-state index is 0.0719. The minimum atomic E-state index is -0.280. The number of anilines is 1. The Labute approximate surface area is 213 Å². The maximum Gasteiger partial charge on any atom is 0.255 e. The van der Waals surface area contributed by atoms with Crippen LogP contribution in [0.4, 0.5) is 5.82 Å². The van der Waals surface area contributed by atoms with Crippen molar-refractivity contribution in [1.82, 2.24) is 14.7 Å². The molecule has 2 aromatic carbocycles. The van der Waals surface area contributed by atoms with Crippen molar-refractivity contribution in [3.8, 4) is 5.69 Å². The Balaban J connectivity index is 1.87. The van der Waals surface area contributed by atoms with Crippen molar-refractivity contribution in [1.29, 1.82) is 0 Å². The van der Waals surface area contributed by atoms with Gasteiger partial charge < -0.3 is 10.2 Å². The summed E-state index contributed by atoms with van der Waals surface area (Å²) in [5.41, 5.74) is 3.01. The van der Waals surface area contributed by atoms with Gasteiger partial charge in [-0.1, -0.05) is 82.5 Å². The number of nitrogens with zero attached hydrogens (tertiary/aromatic N) is 3. The smallest absolute Gasteiger partial charge is 0.255 e. The zero-order chi connectivity index (χ0) is 25.6. The molecule has 2 amide bonds. The number of hydrogen-bond acceptors (Lipinski definition) is 3. The summed E-state index contributed by atoms with van der Waals surface area (Å²) in [5, 5.41) is 8.19. The molecular formula is C28H35ClN4O2. The summed E-state index contributed by atoms with van der Waals surface area (Å²) < 4.78 is 1.77. The van der Waals surface area contributed by atoms with Crippen molar-refractivity contribution in [3.05, 3.63) is 76.4 Å². The average molecular weight is 495 g/mol. The number of amides is 2. The largest absolute Gasteiger partial charge is 0.329 e. The molecule has 35 heavy (non-hydrogen) atoms. The molecule has 0 atom stereocenters. The lowest BCUT2D eigenvalue weighted by Crippen LogP contribution is -2.39. The topological polar surface area (TPSA) is 67.2 Å².